The first-order valence-electron chi connectivity index (χ1n) is 9.01. The van der Waals surface area contributed by atoms with Gasteiger partial charge in [-0.25, -0.2) is 0 Å². The second kappa shape index (κ2) is 10.5. The van der Waals surface area contributed by atoms with Crippen molar-refractivity contribution in [2.24, 2.45) is 11.8 Å². The highest BCUT2D eigenvalue weighted by atomic mass is 32.2. The van der Waals surface area contributed by atoms with Crippen LogP contribution in [-0.2, 0) is 9.59 Å². The van der Waals surface area contributed by atoms with Gasteiger partial charge in [0.1, 0.15) is 5.76 Å². The highest BCUT2D eigenvalue weighted by molar-refractivity contribution is 8.00. The Morgan fingerprint density at radius 3 is 2.70 bits per heavy atom. The smallest absolute Gasteiger partial charge is 0.248 e. The topological polar surface area (TPSA) is 108 Å². The number of rotatable bonds is 6. The SMILES string of the molecule is Cc1cc(NC(=O)CSCC(=O)NNC(=S)N[C@H]2CCC[C@@H](C)[C@@H]2C)no1. The van der Waals surface area contributed by atoms with E-state index in [0.29, 0.717) is 34.6 Å². The molecule has 27 heavy (non-hydrogen) atoms. The van der Waals surface area contributed by atoms with Crippen LogP contribution in [0.1, 0.15) is 38.9 Å². The summed E-state index contributed by atoms with van der Waals surface area (Å²) in [6.45, 7) is 6.22. The van der Waals surface area contributed by atoms with Crippen LogP contribution >= 0.6 is 24.0 Å². The number of hydrazine groups is 1. The number of anilines is 1. The molecule has 0 unspecified atom stereocenters. The van der Waals surface area contributed by atoms with Crippen molar-refractivity contribution >= 4 is 46.7 Å². The molecule has 1 heterocycles. The fourth-order valence-electron chi connectivity index (χ4n) is 2.99. The van der Waals surface area contributed by atoms with Crippen molar-refractivity contribution in [1.29, 1.82) is 0 Å². The summed E-state index contributed by atoms with van der Waals surface area (Å²) in [6, 6.07) is 1.95. The standard InChI is InChI=1S/C17H27N5O3S2/c1-10-5-4-6-13(12(10)3)18-17(26)21-20-16(24)9-27-8-15(23)19-14-7-11(2)25-22-14/h7,10,12-13H,4-6,8-9H2,1-3H3,(H,20,24)(H2,18,21,26)(H,19,22,23)/t10-,12+,13+/m1/s1. The summed E-state index contributed by atoms with van der Waals surface area (Å²) in [6.07, 6.45) is 3.51. The van der Waals surface area contributed by atoms with Gasteiger partial charge in [-0.3, -0.25) is 20.4 Å². The number of hydrogen-bond acceptors (Lipinski definition) is 6. The lowest BCUT2D eigenvalue weighted by Crippen LogP contribution is -2.52. The number of aromatic nitrogens is 1. The van der Waals surface area contributed by atoms with Gasteiger partial charge in [0.25, 0.3) is 0 Å². The molecule has 10 heteroatoms. The molecular weight excluding hydrogens is 386 g/mol. The average molecular weight is 414 g/mol. The third-order valence-electron chi connectivity index (χ3n) is 4.70. The minimum Gasteiger partial charge on any atom is -0.360 e. The Morgan fingerprint density at radius 2 is 2.00 bits per heavy atom. The third-order valence-corrected chi connectivity index (χ3v) is 5.85. The van der Waals surface area contributed by atoms with E-state index in [1.807, 2.05) is 0 Å². The first kappa shape index (κ1) is 21.5. The lowest BCUT2D eigenvalue weighted by Gasteiger charge is -2.35. The van der Waals surface area contributed by atoms with Gasteiger partial charge in [-0.1, -0.05) is 31.8 Å². The Bertz CT molecular complexity index is 667. The van der Waals surface area contributed by atoms with Crippen molar-refractivity contribution in [2.75, 3.05) is 16.8 Å². The molecule has 1 aliphatic carbocycles. The summed E-state index contributed by atoms with van der Waals surface area (Å²) in [4.78, 5) is 23.6. The van der Waals surface area contributed by atoms with Gasteiger partial charge < -0.3 is 15.2 Å². The first-order chi connectivity index (χ1) is 12.8. The fourth-order valence-corrected chi connectivity index (χ4v) is 3.81. The van der Waals surface area contributed by atoms with Gasteiger partial charge >= 0.3 is 0 Å². The summed E-state index contributed by atoms with van der Waals surface area (Å²) >= 11 is 6.45. The summed E-state index contributed by atoms with van der Waals surface area (Å²) in [7, 11) is 0. The largest absolute Gasteiger partial charge is 0.360 e. The Labute approximate surface area is 168 Å². The predicted molar refractivity (Wildman–Crippen MR) is 110 cm³/mol. The highest BCUT2D eigenvalue weighted by Gasteiger charge is 2.27. The summed E-state index contributed by atoms with van der Waals surface area (Å²) in [5.74, 6) is 1.97. The van der Waals surface area contributed by atoms with Gasteiger partial charge in [0.15, 0.2) is 10.9 Å². The zero-order valence-electron chi connectivity index (χ0n) is 15.8. The van der Waals surface area contributed by atoms with Gasteiger partial charge in [0, 0.05) is 12.1 Å². The molecule has 1 aromatic heterocycles. The zero-order valence-corrected chi connectivity index (χ0v) is 17.5. The van der Waals surface area contributed by atoms with Crippen LogP contribution in [-0.4, -0.2) is 39.6 Å². The molecule has 0 spiro atoms. The van der Waals surface area contributed by atoms with Crippen LogP contribution in [0.4, 0.5) is 5.82 Å². The second-order valence-corrected chi connectivity index (χ2v) is 8.28. The third kappa shape index (κ3) is 7.37. The van der Waals surface area contributed by atoms with Gasteiger partial charge in [-0.15, -0.1) is 11.8 Å². The Kier molecular flexibility index (Phi) is 8.36. The van der Waals surface area contributed by atoms with E-state index in [0.717, 1.165) is 6.42 Å². The van der Waals surface area contributed by atoms with E-state index >= 15 is 0 Å². The quantitative estimate of drug-likeness (QED) is 0.414. The molecule has 0 aliphatic heterocycles. The molecule has 0 radical (unpaired) electrons. The number of carbonyl (C=O) groups excluding carboxylic acids is 2. The Morgan fingerprint density at radius 1 is 1.26 bits per heavy atom. The van der Waals surface area contributed by atoms with Crippen molar-refractivity contribution < 1.29 is 14.1 Å². The van der Waals surface area contributed by atoms with Gasteiger partial charge in [0.2, 0.25) is 11.8 Å². The summed E-state index contributed by atoms with van der Waals surface area (Å²) in [5.41, 5.74) is 5.28. The first-order valence-corrected chi connectivity index (χ1v) is 10.6. The molecule has 1 fully saturated rings. The average Bonchev–Trinajstić information content (AvgIpc) is 3.02. The minimum absolute atomic E-state index is 0.137. The van der Waals surface area contributed by atoms with Crippen molar-refractivity contribution in [1.82, 2.24) is 21.3 Å². The lowest BCUT2D eigenvalue weighted by molar-refractivity contribution is -0.119. The van der Waals surface area contributed by atoms with Crippen molar-refractivity contribution in [3.05, 3.63) is 11.8 Å². The molecule has 2 rings (SSSR count). The van der Waals surface area contributed by atoms with Crippen LogP contribution in [0.15, 0.2) is 10.6 Å². The van der Waals surface area contributed by atoms with Gasteiger partial charge in [-0.2, -0.15) is 0 Å². The normalized spacial score (nSPS) is 22.0. The Balaban J connectivity index is 1.58. The molecule has 150 valence electrons. The number of nitrogens with one attached hydrogen (secondary N) is 4. The molecule has 1 aromatic rings. The van der Waals surface area contributed by atoms with Crippen LogP contribution in [0.5, 0.6) is 0 Å². The van der Waals surface area contributed by atoms with Gasteiger partial charge in [0.05, 0.1) is 11.5 Å². The molecule has 2 amide bonds. The van der Waals surface area contributed by atoms with E-state index in [1.165, 1.54) is 24.6 Å². The molecule has 3 atom stereocenters. The molecule has 0 bridgehead atoms. The molecular formula is C17H27N5O3S2. The summed E-state index contributed by atoms with van der Waals surface area (Å²) in [5, 5.41) is 9.97. The number of hydrogen-bond donors (Lipinski definition) is 4. The van der Waals surface area contributed by atoms with Crippen molar-refractivity contribution in [3.8, 4) is 0 Å². The number of thiocarbonyl (C=S) groups is 1. The zero-order chi connectivity index (χ0) is 19.8. The molecule has 1 saturated carbocycles. The monoisotopic (exact) mass is 413 g/mol. The van der Waals surface area contributed by atoms with Crippen molar-refractivity contribution in [3.63, 3.8) is 0 Å². The maximum Gasteiger partial charge on any atom is 0.248 e. The van der Waals surface area contributed by atoms with E-state index in [-0.39, 0.29) is 23.3 Å². The predicted octanol–water partition coefficient (Wildman–Crippen LogP) is 1.97. The molecule has 0 saturated heterocycles. The van der Waals surface area contributed by atoms with Gasteiger partial charge in [-0.05, 0) is 37.4 Å². The number of aryl methyl sites for hydroxylation is 1. The van der Waals surface area contributed by atoms with Crippen LogP contribution in [0.2, 0.25) is 0 Å². The molecule has 1 aliphatic rings. The number of thioether (sulfide) groups is 1. The highest BCUT2D eigenvalue weighted by Crippen LogP contribution is 2.29. The molecule has 8 nitrogen and oxygen atoms in total. The number of amides is 2. The van der Waals surface area contributed by atoms with E-state index in [4.69, 9.17) is 16.7 Å². The van der Waals surface area contributed by atoms with E-state index < -0.39 is 0 Å². The Hall–Kier alpha value is -1.81. The lowest BCUT2D eigenvalue weighted by atomic mass is 9.78. The van der Waals surface area contributed by atoms with Crippen LogP contribution < -0.4 is 21.5 Å². The van der Waals surface area contributed by atoms with E-state index in [9.17, 15) is 9.59 Å². The number of nitrogens with zero attached hydrogens (tertiary/aromatic N) is 1. The van der Waals surface area contributed by atoms with Crippen LogP contribution in [0, 0.1) is 18.8 Å². The molecule has 4 N–H and O–H groups in total. The van der Waals surface area contributed by atoms with Crippen LogP contribution in [0.3, 0.4) is 0 Å². The van der Waals surface area contributed by atoms with E-state index in [1.54, 1.807) is 13.0 Å². The maximum absolute atomic E-state index is 11.9. The number of carbonyl (C=O) groups is 2. The van der Waals surface area contributed by atoms with E-state index in [2.05, 4.69) is 40.5 Å². The van der Waals surface area contributed by atoms with Crippen LogP contribution in [0.25, 0.3) is 0 Å². The fraction of sp³-hybridized carbons (Fsp3) is 0.647. The maximum atomic E-state index is 11.9. The minimum atomic E-state index is -0.251. The molecule has 0 aromatic carbocycles. The van der Waals surface area contributed by atoms with Crippen molar-refractivity contribution in [2.45, 2.75) is 46.1 Å². The summed E-state index contributed by atoms with van der Waals surface area (Å²) < 4.78 is 4.87. The second-order valence-electron chi connectivity index (χ2n) is 6.88.